The van der Waals surface area contributed by atoms with Crippen molar-refractivity contribution in [2.45, 2.75) is 19.4 Å². The second-order valence-corrected chi connectivity index (χ2v) is 5.84. The standard InChI is InChI=1S/C17H19N5O2/c1-12(23)19-14-5-3-4-13(8-14)9-16-17(24)6-7-22(20-16)15-10-18-21(2)11-15/h3-8,10,15H,9,11H2,1-2H3,(H,19,23). The second kappa shape index (κ2) is 6.66. The Labute approximate surface area is 139 Å². The third-order valence-corrected chi connectivity index (χ3v) is 3.75. The molecule has 7 heteroatoms. The fourth-order valence-electron chi connectivity index (χ4n) is 2.63. The Bertz CT molecular complexity index is 843. The molecule has 1 N–H and O–H groups in total. The van der Waals surface area contributed by atoms with E-state index < -0.39 is 0 Å². The third-order valence-electron chi connectivity index (χ3n) is 3.75. The van der Waals surface area contributed by atoms with Gasteiger partial charge in [-0.05, 0) is 17.7 Å². The molecule has 0 fully saturated rings. The van der Waals surface area contributed by atoms with Crippen LogP contribution in [0.5, 0.6) is 0 Å². The average Bonchev–Trinajstić information content (AvgIpc) is 2.96. The monoisotopic (exact) mass is 325 g/mol. The van der Waals surface area contributed by atoms with E-state index in [0.717, 1.165) is 12.1 Å². The molecule has 0 saturated carbocycles. The first-order valence-electron chi connectivity index (χ1n) is 7.71. The molecule has 0 bridgehead atoms. The van der Waals surface area contributed by atoms with E-state index in [0.29, 0.717) is 17.8 Å². The fourth-order valence-corrected chi connectivity index (χ4v) is 2.63. The molecule has 1 amide bonds. The lowest BCUT2D eigenvalue weighted by atomic mass is 10.1. The summed E-state index contributed by atoms with van der Waals surface area (Å²) >= 11 is 0. The number of hydrogen-bond acceptors (Lipinski definition) is 5. The molecule has 1 aliphatic heterocycles. The number of nitrogens with zero attached hydrogens (tertiary/aromatic N) is 4. The number of carbonyl (C=O) groups excluding carboxylic acids is 1. The van der Waals surface area contributed by atoms with Crippen LogP contribution in [0, 0.1) is 0 Å². The molecule has 2 heterocycles. The Morgan fingerprint density at radius 3 is 2.92 bits per heavy atom. The van der Waals surface area contributed by atoms with E-state index in [4.69, 9.17) is 0 Å². The summed E-state index contributed by atoms with van der Waals surface area (Å²) in [6.07, 6.45) is 3.92. The van der Waals surface area contributed by atoms with Crippen LogP contribution < -0.4 is 10.7 Å². The van der Waals surface area contributed by atoms with Gasteiger partial charge in [-0.2, -0.15) is 10.2 Å². The summed E-state index contributed by atoms with van der Waals surface area (Å²) < 4.78 is 1.77. The highest BCUT2D eigenvalue weighted by Gasteiger charge is 2.17. The molecule has 124 valence electrons. The first kappa shape index (κ1) is 15.9. The SMILES string of the molecule is CC(=O)Nc1cccc(Cc2nn(C3C=NN(C)C3)ccc2=O)c1. The smallest absolute Gasteiger partial charge is 0.221 e. The predicted molar refractivity (Wildman–Crippen MR) is 92.2 cm³/mol. The van der Waals surface area contributed by atoms with E-state index >= 15 is 0 Å². The number of amides is 1. The molecule has 1 aromatic carbocycles. The van der Waals surface area contributed by atoms with Gasteiger partial charge in [-0.15, -0.1) is 0 Å². The maximum atomic E-state index is 12.1. The Morgan fingerprint density at radius 1 is 1.38 bits per heavy atom. The van der Waals surface area contributed by atoms with E-state index in [-0.39, 0.29) is 17.4 Å². The van der Waals surface area contributed by atoms with Crippen molar-refractivity contribution in [1.29, 1.82) is 0 Å². The van der Waals surface area contributed by atoms with E-state index in [1.807, 2.05) is 42.5 Å². The van der Waals surface area contributed by atoms with Crippen LogP contribution in [0.15, 0.2) is 46.4 Å². The van der Waals surface area contributed by atoms with Crippen LogP contribution in [0.4, 0.5) is 5.69 Å². The minimum absolute atomic E-state index is 0.0278. The Hall–Kier alpha value is -2.96. The van der Waals surface area contributed by atoms with Gasteiger partial charge < -0.3 is 5.32 Å². The van der Waals surface area contributed by atoms with Gasteiger partial charge in [0.2, 0.25) is 11.3 Å². The molecule has 1 atom stereocenters. The summed E-state index contributed by atoms with van der Waals surface area (Å²) in [6.45, 7) is 2.19. The third kappa shape index (κ3) is 3.68. The van der Waals surface area contributed by atoms with Crippen molar-refractivity contribution in [2.75, 3.05) is 18.9 Å². The normalized spacial score (nSPS) is 16.4. The quantitative estimate of drug-likeness (QED) is 0.918. The number of aromatic nitrogens is 2. The van der Waals surface area contributed by atoms with Gasteiger partial charge in [-0.25, -0.2) is 0 Å². The summed E-state index contributed by atoms with van der Waals surface area (Å²) in [5.74, 6) is -0.128. The largest absolute Gasteiger partial charge is 0.326 e. The minimum atomic E-state index is -0.128. The summed E-state index contributed by atoms with van der Waals surface area (Å²) in [4.78, 5) is 23.3. The average molecular weight is 325 g/mol. The van der Waals surface area contributed by atoms with Crippen molar-refractivity contribution < 1.29 is 4.79 Å². The number of likely N-dealkylation sites (N-methyl/N-ethyl adjacent to an activating group) is 1. The summed E-state index contributed by atoms with van der Waals surface area (Å²) in [5, 5.41) is 13.2. The van der Waals surface area contributed by atoms with Gasteiger partial charge in [0.05, 0.1) is 12.8 Å². The number of hydrogen-bond donors (Lipinski definition) is 1. The number of anilines is 1. The molecule has 0 saturated heterocycles. The zero-order valence-electron chi connectivity index (χ0n) is 13.6. The van der Waals surface area contributed by atoms with Gasteiger partial charge in [-0.3, -0.25) is 19.3 Å². The number of rotatable bonds is 4. The molecule has 24 heavy (non-hydrogen) atoms. The van der Waals surface area contributed by atoms with Crippen molar-refractivity contribution in [3.8, 4) is 0 Å². The Morgan fingerprint density at radius 2 is 2.21 bits per heavy atom. The molecule has 2 aromatic rings. The van der Waals surface area contributed by atoms with Gasteiger partial charge in [0, 0.05) is 38.3 Å². The van der Waals surface area contributed by atoms with E-state index in [1.54, 1.807) is 10.9 Å². The molecule has 0 spiro atoms. The Kier molecular flexibility index (Phi) is 4.41. The molecular weight excluding hydrogens is 306 g/mol. The summed E-state index contributed by atoms with van der Waals surface area (Å²) in [6, 6.07) is 8.98. The lowest BCUT2D eigenvalue weighted by Gasteiger charge is -2.13. The van der Waals surface area contributed by atoms with Crippen molar-refractivity contribution >= 4 is 17.8 Å². The zero-order valence-corrected chi connectivity index (χ0v) is 13.6. The first-order valence-corrected chi connectivity index (χ1v) is 7.71. The number of nitrogens with one attached hydrogen (secondary N) is 1. The first-order chi connectivity index (χ1) is 11.5. The molecule has 3 rings (SSSR count). The van der Waals surface area contributed by atoms with Crippen LogP contribution in [-0.2, 0) is 11.2 Å². The van der Waals surface area contributed by atoms with Gasteiger partial charge >= 0.3 is 0 Å². The molecule has 0 aliphatic carbocycles. The van der Waals surface area contributed by atoms with Gasteiger partial charge in [0.15, 0.2) is 0 Å². The van der Waals surface area contributed by atoms with Crippen molar-refractivity contribution in [1.82, 2.24) is 14.8 Å². The van der Waals surface area contributed by atoms with E-state index in [2.05, 4.69) is 15.5 Å². The maximum absolute atomic E-state index is 12.1. The van der Waals surface area contributed by atoms with E-state index in [1.165, 1.54) is 13.0 Å². The van der Waals surface area contributed by atoms with Crippen LogP contribution in [0.3, 0.4) is 0 Å². The van der Waals surface area contributed by atoms with E-state index in [9.17, 15) is 9.59 Å². The van der Waals surface area contributed by atoms with Crippen molar-refractivity contribution in [3.63, 3.8) is 0 Å². The molecule has 7 nitrogen and oxygen atoms in total. The second-order valence-electron chi connectivity index (χ2n) is 5.84. The van der Waals surface area contributed by atoms with Crippen LogP contribution in [0.2, 0.25) is 0 Å². The molecular formula is C17H19N5O2. The number of benzene rings is 1. The topological polar surface area (TPSA) is 79.6 Å². The van der Waals surface area contributed by atoms with Crippen molar-refractivity contribution in [2.24, 2.45) is 5.10 Å². The van der Waals surface area contributed by atoms with Crippen LogP contribution in [-0.4, -0.2) is 40.5 Å². The lowest BCUT2D eigenvalue weighted by molar-refractivity contribution is -0.114. The highest BCUT2D eigenvalue weighted by atomic mass is 16.1. The number of carbonyl (C=O) groups is 1. The minimum Gasteiger partial charge on any atom is -0.326 e. The molecule has 1 aromatic heterocycles. The van der Waals surface area contributed by atoms with Gasteiger partial charge in [-0.1, -0.05) is 12.1 Å². The van der Waals surface area contributed by atoms with Crippen LogP contribution in [0.1, 0.15) is 24.2 Å². The van der Waals surface area contributed by atoms with Gasteiger partial charge in [0.1, 0.15) is 11.7 Å². The highest BCUT2D eigenvalue weighted by Crippen LogP contribution is 2.14. The summed E-state index contributed by atoms with van der Waals surface area (Å²) in [7, 11) is 1.90. The number of hydrazone groups is 1. The van der Waals surface area contributed by atoms with Crippen LogP contribution >= 0.6 is 0 Å². The maximum Gasteiger partial charge on any atom is 0.221 e. The van der Waals surface area contributed by atoms with Gasteiger partial charge in [0.25, 0.3) is 0 Å². The molecule has 1 aliphatic rings. The lowest BCUT2D eigenvalue weighted by Crippen LogP contribution is -2.24. The van der Waals surface area contributed by atoms with Crippen LogP contribution in [0.25, 0.3) is 0 Å². The fraction of sp³-hybridized carbons (Fsp3) is 0.294. The molecule has 1 unspecified atom stereocenters. The predicted octanol–water partition coefficient (Wildman–Crippen LogP) is 1.26. The Balaban J connectivity index is 1.83. The molecule has 0 radical (unpaired) electrons. The summed E-state index contributed by atoms with van der Waals surface area (Å²) in [5.41, 5.74) is 2.00. The highest BCUT2D eigenvalue weighted by molar-refractivity contribution is 5.88. The van der Waals surface area contributed by atoms with Crippen molar-refractivity contribution in [3.05, 3.63) is 58.0 Å². The zero-order chi connectivity index (χ0) is 17.1.